The molecule has 110 valence electrons. The zero-order valence-electron chi connectivity index (χ0n) is 11.7. The molecule has 0 spiro atoms. The SMILES string of the molecule is CC1CN(C(N)=NC2CC2c2ccccc2)CCO1.I. The topological polar surface area (TPSA) is 50.8 Å². The van der Waals surface area contributed by atoms with Gasteiger partial charge in [0, 0.05) is 19.0 Å². The third-order valence-electron chi connectivity index (χ3n) is 3.85. The van der Waals surface area contributed by atoms with Gasteiger partial charge < -0.3 is 15.4 Å². The summed E-state index contributed by atoms with van der Waals surface area (Å²) in [6.07, 6.45) is 1.36. The summed E-state index contributed by atoms with van der Waals surface area (Å²) < 4.78 is 5.52. The number of ether oxygens (including phenoxy) is 1. The van der Waals surface area contributed by atoms with E-state index in [9.17, 15) is 0 Å². The summed E-state index contributed by atoms with van der Waals surface area (Å²) in [5, 5.41) is 0. The van der Waals surface area contributed by atoms with Crippen molar-refractivity contribution in [3.05, 3.63) is 35.9 Å². The van der Waals surface area contributed by atoms with Crippen molar-refractivity contribution in [2.75, 3.05) is 19.7 Å². The van der Waals surface area contributed by atoms with Crippen LogP contribution in [0.4, 0.5) is 0 Å². The molecular weight excluding hydrogens is 365 g/mol. The molecule has 1 saturated heterocycles. The zero-order valence-corrected chi connectivity index (χ0v) is 14.1. The van der Waals surface area contributed by atoms with E-state index in [-0.39, 0.29) is 30.1 Å². The Kier molecular flexibility index (Phi) is 5.26. The molecule has 5 heteroatoms. The average Bonchev–Trinajstić information content (AvgIpc) is 3.19. The van der Waals surface area contributed by atoms with Gasteiger partial charge in [-0.2, -0.15) is 0 Å². The fraction of sp³-hybridized carbons (Fsp3) is 0.533. The molecule has 2 N–H and O–H groups in total. The van der Waals surface area contributed by atoms with Gasteiger partial charge in [-0.15, -0.1) is 24.0 Å². The third-order valence-corrected chi connectivity index (χ3v) is 3.85. The molecule has 1 aliphatic carbocycles. The molecule has 3 atom stereocenters. The van der Waals surface area contributed by atoms with E-state index >= 15 is 0 Å². The number of aliphatic imine (C=N–C) groups is 1. The fourth-order valence-electron chi connectivity index (χ4n) is 2.66. The van der Waals surface area contributed by atoms with Crippen LogP contribution in [0.2, 0.25) is 0 Å². The largest absolute Gasteiger partial charge is 0.375 e. The maximum atomic E-state index is 6.11. The summed E-state index contributed by atoms with van der Waals surface area (Å²) in [5.74, 6) is 1.23. The van der Waals surface area contributed by atoms with Crippen molar-refractivity contribution in [2.24, 2.45) is 10.7 Å². The van der Waals surface area contributed by atoms with Gasteiger partial charge in [0.25, 0.3) is 0 Å². The number of rotatable bonds is 2. The highest BCUT2D eigenvalue weighted by Gasteiger charge is 2.38. The molecule has 0 bridgehead atoms. The predicted molar refractivity (Wildman–Crippen MR) is 91.6 cm³/mol. The lowest BCUT2D eigenvalue weighted by atomic mass is 10.1. The maximum absolute atomic E-state index is 6.11. The second-order valence-electron chi connectivity index (χ2n) is 5.43. The molecule has 2 aliphatic rings. The van der Waals surface area contributed by atoms with Crippen molar-refractivity contribution in [1.29, 1.82) is 0 Å². The highest BCUT2D eigenvalue weighted by Crippen LogP contribution is 2.43. The molecule has 20 heavy (non-hydrogen) atoms. The normalized spacial score (nSPS) is 29.8. The van der Waals surface area contributed by atoms with Crippen molar-refractivity contribution in [1.82, 2.24) is 4.90 Å². The summed E-state index contributed by atoms with van der Waals surface area (Å²) in [4.78, 5) is 6.80. The van der Waals surface area contributed by atoms with Gasteiger partial charge in [-0.3, -0.25) is 0 Å². The van der Waals surface area contributed by atoms with Gasteiger partial charge in [0.05, 0.1) is 18.8 Å². The molecule has 1 saturated carbocycles. The van der Waals surface area contributed by atoms with Crippen LogP contribution in [0.3, 0.4) is 0 Å². The molecule has 3 rings (SSSR count). The monoisotopic (exact) mass is 387 g/mol. The van der Waals surface area contributed by atoms with Crippen LogP contribution in [-0.2, 0) is 4.74 Å². The standard InChI is InChI=1S/C15H21N3O.HI/c1-11-10-18(7-8-19-11)15(16)17-14-9-13(14)12-5-3-2-4-6-12;/h2-6,11,13-14H,7-10H2,1H3,(H2,16,17);1H. The average molecular weight is 387 g/mol. The number of guanidine groups is 1. The van der Waals surface area contributed by atoms with Crippen LogP contribution in [-0.4, -0.2) is 42.7 Å². The minimum atomic E-state index is 0. The molecule has 1 heterocycles. The first-order chi connectivity index (χ1) is 9.24. The van der Waals surface area contributed by atoms with E-state index in [1.165, 1.54) is 5.56 Å². The van der Waals surface area contributed by atoms with Crippen molar-refractivity contribution in [3.8, 4) is 0 Å². The maximum Gasteiger partial charge on any atom is 0.191 e. The quantitative estimate of drug-likeness (QED) is 0.481. The lowest BCUT2D eigenvalue weighted by Crippen LogP contribution is -2.48. The fourth-order valence-corrected chi connectivity index (χ4v) is 2.66. The van der Waals surface area contributed by atoms with Crippen LogP contribution >= 0.6 is 24.0 Å². The summed E-state index contributed by atoms with van der Waals surface area (Å²) >= 11 is 0. The van der Waals surface area contributed by atoms with Crippen LogP contribution in [0.5, 0.6) is 0 Å². The summed E-state index contributed by atoms with van der Waals surface area (Å²) in [5.41, 5.74) is 7.49. The van der Waals surface area contributed by atoms with E-state index in [0.717, 1.165) is 26.1 Å². The number of halogens is 1. The highest BCUT2D eigenvalue weighted by molar-refractivity contribution is 14.0. The van der Waals surface area contributed by atoms with Gasteiger partial charge in [0.15, 0.2) is 5.96 Å². The van der Waals surface area contributed by atoms with Crippen molar-refractivity contribution in [3.63, 3.8) is 0 Å². The molecule has 1 aromatic carbocycles. The van der Waals surface area contributed by atoms with Crippen LogP contribution in [0, 0.1) is 0 Å². The van der Waals surface area contributed by atoms with E-state index in [1.807, 2.05) is 6.07 Å². The van der Waals surface area contributed by atoms with E-state index in [2.05, 4.69) is 41.1 Å². The zero-order chi connectivity index (χ0) is 13.2. The summed E-state index contributed by atoms with van der Waals surface area (Å²) in [6, 6.07) is 10.9. The van der Waals surface area contributed by atoms with E-state index in [0.29, 0.717) is 17.9 Å². The second kappa shape index (κ2) is 6.76. The summed E-state index contributed by atoms with van der Waals surface area (Å²) in [7, 11) is 0. The Morgan fingerprint density at radius 2 is 2.10 bits per heavy atom. The molecule has 4 nitrogen and oxygen atoms in total. The number of hydrogen-bond acceptors (Lipinski definition) is 2. The first-order valence-electron chi connectivity index (χ1n) is 6.99. The Balaban J connectivity index is 0.00000147. The van der Waals surface area contributed by atoms with E-state index in [4.69, 9.17) is 10.5 Å². The van der Waals surface area contributed by atoms with E-state index in [1.54, 1.807) is 0 Å². The number of benzene rings is 1. The first-order valence-corrected chi connectivity index (χ1v) is 6.99. The van der Waals surface area contributed by atoms with Crippen molar-refractivity contribution in [2.45, 2.75) is 31.4 Å². The minimum Gasteiger partial charge on any atom is -0.375 e. The lowest BCUT2D eigenvalue weighted by molar-refractivity contribution is 0.00528. The van der Waals surface area contributed by atoms with Gasteiger partial charge >= 0.3 is 0 Å². The van der Waals surface area contributed by atoms with Crippen LogP contribution < -0.4 is 5.73 Å². The first kappa shape index (κ1) is 15.6. The molecule has 1 aromatic rings. The Morgan fingerprint density at radius 1 is 1.35 bits per heavy atom. The number of hydrogen-bond donors (Lipinski definition) is 1. The Hall–Kier alpha value is -0.820. The smallest absolute Gasteiger partial charge is 0.191 e. The number of nitrogens with zero attached hydrogens (tertiary/aromatic N) is 2. The molecule has 2 fully saturated rings. The Labute approximate surface area is 137 Å². The highest BCUT2D eigenvalue weighted by atomic mass is 127. The van der Waals surface area contributed by atoms with Crippen molar-refractivity contribution < 1.29 is 4.74 Å². The Bertz CT molecular complexity index is 465. The molecule has 1 aliphatic heterocycles. The predicted octanol–water partition coefficient (Wildman–Crippen LogP) is 2.20. The van der Waals surface area contributed by atoms with Gasteiger partial charge in [0.2, 0.25) is 0 Å². The van der Waals surface area contributed by atoms with Crippen LogP contribution in [0.15, 0.2) is 35.3 Å². The van der Waals surface area contributed by atoms with Crippen molar-refractivity contribution >= 4 is 29.9 Å². The Morgan fingerprint density at radius 3 is 2.80 bits per heavy atom. The van der Waals surface area contributed by atoms with Gasteiger partial charge in [-0.05, 0) is 18.9 Å². The van der Waals surface area contributed by atoms with E-state index < -0.39 is 0 Å². The summed E-state index contributed by atoms with van der Waals surface area (Å²) in [6.45, 7) is 4.51. The minimum absolute atomic E-state index is 0. The number of nitrogens with two attached hydrogens (primary N) is 1. The van der Waals surface area contributed by atoms with Gasteiger partial charge in [0.1, 0.15) is 0 Å². The molecule has 3 unspecified atom stereocenters. The second-order valence-corrected chi connectivity index (χ2v) is 5.43. The third kappa shape index (κ3) is 3.63. The lowest BCUT2D eigenvalue weighted by Gasteiger charge is -2.31. The molecular formula is C15H22IN3O. The van der Waals surface area contributed by atoms with Crippen LogP contribution in [0.25, 0.3) is 0 Å². The van der Waals surface area contributed by atoms with Gasteiger partial charge in [-0.1, -0.05) is 30.3 Å². The number of morpholine rings is 1. The molecule has 0 aromatic heterocycles. The van der Waals surface area contributed by atoms with Gasteiger partial charge in [-0.25, -0.2) is 4.99 Å². The molecule has 0 radical (unpaired) electrons. The van der Waals surface area contributed by atoms with Crippen LogP contribution in [0.1, 0.15) is 24.8 Å². The molecule has 0 amide bonds.